The van der Waals surface area contributed by atoms with Crippen LogP contribution in [0.2, 0.25) is 0 Å². The average Bonchev–Trinajstić information content (AvgIpc) is 2.23. The molecule has 1 atom stereocenters. The van der Waals surface area contributed by atoms with Crippen LogP contribution >= 0.6 is 0 Å². The molecule has 1 unspecified atom stereocenters. The number of nitrogens with one attached hydrogen (secondary N) is 1. The van der Waals surface area contributed by atoms with Crippen LogP contribution in [-0.2, 0) is 17.3 Å². The number of aromatic hydroxyl groups is 3. The zero-order chi connectivity index (χ0) is 12.1. The zero-order valence-electron chi connectivity index (χ0n) is 8.93. The van der Waals surface area contributed by atoms with Crippen molar-refractivity contribution in [2.75, 3.05) is 18.6 Å². The van der Waals surface area contributed by atoms with Gasteiger partial charge in [-0.2, -0.15) is 0 Å². The van der Waals surface area contributed by atoms with Crippen molar-refractivity contribution in [3.63, 3.8) is 0 Å². The van der Waals surface area contributed by atoms with Gasteiger partial charge in [-0.1, -0.05) is 6.07 Å². The lowest BCUT2D eigenvalue weighted by Gasteiger charge is -2.08. The third-order valence-electron chi connectivity index (χ3n) is 2.10. The van der Waals surface area contributed by atoms with Gasteiger partial charge in [0.2, 0.25) is 5.75 Å². The van der Waals surface area contributed by atoms with Crippen LogP contribution in [-0.4, -0.2) is 38.1 Å². The van der Waals surface area contributed by atoms with Gasteiger partial charge in [0.15, 0.2) is 11.5 Å². The smallest absolute Gasteiger partial charge is 0.200 e. The van der Waals surface area contributed by atoms with Crippen molar-refractivity contribution in [1.29, 1.82) is 0 Å². The van der Waals surface area contributed by atoms with E-state index >= 15 is 0 Å². The molecule has 0 saturated heterocycles. The van der Waals surface area contributed by atoms with Crippen LogP contribution in [0.25, 0.3) is 0 Å². The topological polar surface area (TPSA) is 89.8 Å². The van der Waals surface area contributed by atoms with Crippen molar-refractivity contribution < 1.29 is 19.5 Å². The first-order chi connectivity index (χ1) is 7.52. The molecule has 4 N–H and O–H groups in total. The predicted octanol–water partition coefficient (Wildman–Crippen LogP) is 0.271. The molecule has 0 aliphatic rings. The number of phenols is 3. The molecule has 16 heavy (non-hydrogen) atoms. The zero-order valence-corrected chi connectivity index (χ0v) is 9.75. The highest BCUT2D eigenvalue weighted by Gasteiger charge is 2.10. The highest BCUT2D eigenvalue weighted by molar-refractivity contribution is 7.84. The average molecular weight is 245 g/mol. The van der Waals surface area contributed by atoms with E-state index in [1.54, 1.807) is 6.26 Å². The second-order valence-electron chi connectivity index (χ2n) is 3.40. The van der Waals surface area contributed by atoms with E-state index in [0.717, 1.165) is 0 Å². The Hall–Kier alpha value is -1.27. The summed E-state index contributed by atoms with van der Waals surface area (Å²) in [5, 5.41) is 30.8. The molecule has 0 radical (unpaired) electrons. The summed E-state index contributed by atoms with van der Waals surface area (Å²) >= 11 is 0. The van der Waals surface area contributed by atoms with Gasteiger partial charge >= 0.3 is 0 Å². The molecule has 90 valence electrons. The summed E-state index contributed by atoms with van der Waals surface area (Å²) in [4.78, 5) is 0. The maximum atomic E-state index is 10.8. The van der Waals surface area contributed by atoms with Gasteiger partial charge in [-0.3, -0.25) is 4.21 Å². The number of rotatable bonds is 5. The third-order valence-corrected chi connectivity index (χ3v) is 2.87. The Kier molecular flexibility index (Phi) is 4.57. The number of hydrogen-bond donors (Lipinski definition) is 4. The number of phenolic OH excluding ortho intramolecular Hbond substituents is 3. The van der Waals surface area contributed by atoms with E-state index in [4.69, 9.17) is 5.11 Å². The fraction of sp³-hybridized carbons (Fsp3) is 0.400. The van der Waals surface area contributed by atoms with E-state index in [9.17, 15) is 14.4 Å². The Morgan fingerprint density at radius 2 is 1.94 bits per heavy atom. The summed E-state index contributed by atoms with van der Waals surface area (Å²) < 4.78 is 10.8. The molecule has 5 nitrogen and oxygen atoms in total. The molecule has 1 aromatic rings. The Morgan fingerprint density at radius 3 is 2.56 bits per heavy atom. The first-order valence-electron chi connectivity index (χ1n) is 4.76. The molecule has 0 heterocycles. The molecule has 0 bridgehead atoms. The van der Waals surface area contributed by atoms with Crippen molar-refractivity contribution in [3.8, 4) is 17.2 Å². The molecule has 0 aliphatic heterocycles. The molecule has 0 aromatic heterocycles. The van der Waals surface area contributed by atoms with E-state index in [2.05, 4.69) is 5.32 Å². The summed E-state index contributed by atoms with van der Waals surface area (Å²) in [5.74, 6) is -0.662. The van der Waals surface area contributed by atoms with Gasteiger partial charge in [0.25, 0.3) is 0 Å². The molecule has 0 aliphatic carbocycles. The highest BCUT2D eigenvalue weighted by Crippen LogP contribution is 2.36. The molecular weight excluding hydrogens is 230 g/mol. The molecule has 0 amide bonds. The minimum atomic E-state index is -0.851. The van der Waals surface area contributed by atoms with E-state index in [1.165, 1.54) is 12.1 Å². The van der Waals surface area contributed by atoms with E-state index in [1.807, 2.05) is 0 Å². The molecule has 1 aromatic carbocycles. The molecular formula is C10H15NO4S. The van der Waals surface area contributed by atoms with Crippen molar-refractivity contribution >= 4 is 10.8 Å². The van der Waals surface area contributed by atoms with Crippen LogP contribution < -0.4 is 5.32 Å². The van der Waals surface area contributed by atoms with E-state index in [-0.39, 0.29) is 11.5 Å². The highest BCUT2D eigenvalue weighted by atomic mass is 32.2. The second-order valence-corrected chi connectivity index (χ2v) is 4.95. The summed E-state index contributed by atoms with van der Waals surface area (Å²) in [6.45, 7) is 0.904. The largest absolute Gasteiger partial charge is 0.504 e. The lowest BCUT2D eigenvalue weighted by Crippen LogP contribution is -2.19. The van der Waals surface area contributed by atoms with Crippen LogP contribution in [0.1, 0.15) is 5.56 Å². The monoisotopic (exact) mass is 245 g/mol. The van der Waals surface area contributed by atoms with Gasteiger partial charge in [-0.25, -0.2) is 0 Å². The maximum Gasteiger partial charge on any atom is 0.200 e. The number of benzene rings is 1. The van der Waals surface area contributed by atoms with E-state index < -0.39 is 16.5 Å². The van der Waals surface area contributed by atoms with Crippen LogP contribution in [0.5, 0.6) is 17.2 Å². The van der Waals surface area contributed by atoms with Crippen LogP contribution in [0.15, 0.2) is 12.1 Å². The minimum absolute atomic E-state index is 0.329. The second kappa shape index (κ2) is 5.72. The van der Waals surface area contributed by atoms with Gasteiger partial charge in [0.05, 0.1) is 0 Å². The summed E-state index contributed by atoms with van der Waals surface area (Å²) in [6.07, 6.45) is 1.62. The Morgan fingerprint density at radius 1 is 1.25 bits per heavy atom. The normalized spacial score (nSPS) is 12.6. The first-order valence-corrected chi connectivity index (χ1v) is 6.48. The van der Waals surface area contributed by atoms with Crippen LogP contribution in [0.4, 0.5) is 0 Å². The molecule has 6 heteroatoms. The van der Waals surface area contributed by atoms with Crippen LogP contribution in [0.3, 0.4) is 0 Å². The Labute approximate surface area is 96.2 Å². The fourth-order valence-corrected chi connectivity index (χ4v) is 1.62. The quantitative estimate of drug-likeness (QED) is 0.442. The summed E-state index contributed by atoms with van der Waals surface area (Å²) in [6, 6.07) is 2.82. The van der Waals surface area contributed by atoms with Crippen molar-refractivity contribution in [2.45, 2.75) is 6.54 Å². The van der Waals surface area contributed by atoms with Crippen LogP contribution in [0, 0.1) is 0 Å². The first kappa shape index (κ1) is 12.8. The van der Waals surface area contributed by atoms with Gasteiger partial charge in [0.1, 0.15) is 0 Å². The number of hydrogen-bond acceptors (Lipinski definition) is 5. The van der Waals surface area contributed by atoms with Gasteiger partial charge in [0, 0.05) is 41.5 Å². The summed E-state index contributed by atoms with van der Waals surface area (Å²) in [7, 11) is -0.851. The fourth-order valence-electron chi connectivity index (χ4n) is 1.19. The predicted molar refractivity (Wildman–Crippen MR) is 62.1 cm³/mol. The van der Waals surface area contributed by atoms with Gasteiger partial charge < -0.3 is 20.6 Å². The lowest BCUT2D eigenvalue weighted by molar-refractivity contribution is 0.364. The molecule has 0 fully saturated rings. The summed E-state index contributed by atoms with van der Waals surface area (Å²) in [5.41, 5.74) is 0.484. The van der Waals surface area contributed by atoms with Gasteiger partial charge in [-0.05, 0) is 6.07 Å². The lowest BCUT2D eigenvalue weighted by atomic mass is 10.1. The minimum Gasteiger partial charge on any atom is -0.504 e. The molecule has 0 saturated carbocycles. The molecule has 1 rings (SSSR count). The third kappa shape index (κ3) is 3.39. The maximum absolute atomic E-state index is 10.8. The van der Waals surface area contributed by atoms with Crippen molar-refractivity contribution in [1.82, 2.24) is 5.32 Å². The van der Waals surface area contributed by atoms with E-state index in [0.29, 0.717) is 24.4 Å². The SMILES string of the molecule is CS(=O)CCNCc1ccc(O)c(O)c1O. The molecule has 0 spiro atoms. The Bertz CT molecular complexity index is 395. The van der Waals surface area contributed by atoms with Crippen molar-refractivity contribution in [3.05, 3.63) is 17.7 Å². The Balaban J connectivity index is 2.55. The van der Waals surface area contributed by atoms with Crippen molar-refractivity contribution in [2.24, 2.45) is 0 Å². The van der Waals surface area contributed by atoms with Gasteiger partial charge in [-0.15, -0.1) is 0 Å². The standard InChI is InChI=1S/C10H15NO4S/c1-16(15)5-4-11-6-7-2-3-8(12)10(14)9(7)13/h2-3,11-14H,4-6H2,1H3.